The summed E-state index contributed by atoms with van der Waals surface area (Å²) in [6.07, 6.45) is 3.38. The minimum Gasteiger partial charge on any atom is -0.340 e. The van der Waals surface area contributed by atoms with Crippen molar-refractivity contribution in [2.45, 2.75) is 6.54 Å². The van der Waals surface area contributed by atoms with Crippen LogP contribution in [0.4, 0.5) is 15.9 Å². The van der Waals surface area contributed by atoms with Gasteiger partial charge in [-0.1, -0.05) is 18.2 Å². The Bertz CT molecular complexity index is 1070. The van der Waals surface area contributed by atoms with E-state index < -0.39 is 0 Å². The van der Waals surface area contributed by atoms with Crippen molar-refractivity contribution < 1.29 is 4.39 Å². The Morgan fingerprint density at radius 1 is 0.962 bits per heavy atom. The topological polar surface area (TPSA) is 76.7 Å². The molecule has 0 saturated heterocycles. The van der Waals surface area contributed by atoms with Gasteiger partial charge in [0, 0.05) is 30.0 Å². The summed E-state index contributed by atoms with van der Waals surface area (Å²) in [4.78, 5) is 13.1. The molecule has 0 unspecified atom stereocenters. The summed E-state index contributed by atoms with van der Waals surface area (Å²) in [6, 6.07) is 15.9. The molecule has 5 nitrogen and oxygen atoms in total. The molecule has 128 valence electrons. The first-order valence-corrected chi connectivity index (χ1v) is 8.17. The van der Waals surface area contributed by atoms with Crippen molar-refractivity contribution in [2.75, 3.05) is 5.32 Å². The lowest BCUT2D eigenvalue weighted by Crippen LogP contribution is -2.02. The van der Waals surface area contributed by atoms with Crippen molar-refractivity contribution in [3.63, 3.8) is 0 Å². The second-order valence-electron chi connectivity index (χ2n) is 5.79. The number of rotatable bonds is 4. The molecule has 0 aliphatic heterocycles. The average molecular weight is 345 g/mol. The molecule has 3 N–H and O–H groups in total. The van der Waals surface area contributed by atoms with Gasteiger partial charge >= 0.3 is 0 Å². The van der Waals surface area contributed by atoms with Gasteiger partial charge in [0.15, 0.2) is 5.82 Å². The summed E-state index contributed by atoms with van der Waals surface area (Å²) in [5, 5.41) is 4.10. The van der Waals surface area contributed by atoms with Crippen LogP contribution in [0.1, 0.15) is 5.56 Å². The lowest BCUT2D eigenvalue weighted by Gasteiger charge is -2.12. The van der Waals surface area contributed by atoms with E-state index >= 15 is 0 Å². The fraction of sp³-hybridized carbons (Fsp3) is 0.0500. The molecule has 6 heteroatoms. The molecule has 0 bridgehead atoms. The number of nitrogens with one attached hydrogen (secondary N) is 1. The number of hydrogen-bond acceptors (Lipinski definition) is 5. The Labute approximate surface area is 149 Å². The van der Waals surface area contributed by atoms with Gasteiger partial charge in [-0.3, -0.25) is 4.98 Å². The molecule has 2 aromatic heterocycles. The Kier molecular flexibility index (Phi) is 4.25. The van der Waals surface area contributed by atoms with Crippen LogP contribution in [-0.4, -0.2) is 15.0 Å². The summed E-state index contributed by atoms with van der Waals surface area (Å²) < 4.78 is 14.2. The summed E-state index contributed by atoms with van der Waals surface area (Å²) in [5.41, 5.74) is 8.64. The third-order valence-electron chi connectivity index (χ3n) is 4.05. The largest absolute Gasteiger partial charge is 0.340 e. The fourth-order valence-corrected chi connectivity index (χ4v) is 2.73. The van der Waals surface area contributed by atoms with E-state index in [1.807, 2.05) is 30.3 Å². The highest BCUT2D eigenvalue weighted by molar-refractivity contribution is 5.92. The number of pyridine rings is 1. The van der Waals surface area contributed by atoms with Crippen LogP contribution in [0, 0.1) is 5.82 Å². The smallest absolute Gasteiger partial charge is 0.165 e. The van der Waals surface area contributed by atoms with E-state index in [1.54, 1.807) is 30.6 Å². The molecule has 26 heavy (non-hydrogen) atoms. The first-order valence-electron chi connectivity index (χ1n) is 8.17. The average Bonchev–Trinajstić information content (AvgIpc) is 2.69. The van der Waals surface area contributed by atoms with Crippen molar-refractivity contribution in [3.8, 4) is 11.4 Å². The molecule has 4 rings (SSSR count). The second-order valence-corrected chi connectivity index (χ2v) is 5.79. The van der Waals surface area contributed by atoms with Crippen LogP contribution in [0.3, 0.4) is 0 Å². The SMILES string of the molecule is NCc1ccc2nc(-c3ccccc3F)nc(Nc3ccncc3)c2c1. The van der Waals surface area contributed by atoms with Crippen molar-refractivity contribution in [2.24, 2.45) is 5.73 Å². The van der Waals surface area contributed by atoms with Crippen LogP contribution < -0.4 is 11.1 Å². The van der Waals surface area contributed by atoms with Crippen LogP contribution in [0.25, 0.3) is 22.3 Å². The van der Waals surface area contributed by atoms with Gasteiger partial charge in [-0.2, -0.15) is 0 Å². The standard InChI is InChI=1S/C20H16FN5/c21-17-4-2-1-3-15(17)19-25-18-6-5-13(12-22)11-16(18)20(26-19)24-14-7-9-23-10-8-14/h1-11H,12,22H2,(H,23,24,25,26). The van der Waals surface area contributed by atoms with Gasteiger partial charge < -0.3 is 11.1 Å². The van der Waals surface area contributed by atoms with E-state index in [9.17, 15) is 4.39 Å². The van der Waals surface area contributed by atoms with Crippen LogP contribution in [0.15, 0.2) is 67.0 Å². The van der Waals surface area contributed by atoms with Gasteiger partial charge in [0.1, 0.15) is 11.6 Å². The van der Waals surface area contributed by atoms with Crippen LogP contribution in [-0.2, 0) is 6.54 Å². The maximum atomic E-state index is 14.2. The van der Waals surface area contributed by atoms with Crippen molar-refractivity contribution in [1.29, 1.82) is 0 Å². The predicted octanol–water partition coefficient (Wildman–Crippen LogP) is 4.03. The van der Waals surface area contributed by atoms with Gasteiger partial charge in [-0.05, 0) is 42.0 Å². The fourth-order valence-electron chi connectivity index (χ4n) is 2.73. The van der Waals surface area contributed by atoms with E-state index in [0.717, 1.165) is 16.6 Å². The van der Waals surface area contributed by atoms with Crippen LogP contribution in [0.5, 0.6) is 0 Å². The number of nitrogens with zero attached hydrogens (tertiary/aromatic N) is 3. The number of hydrogen-bond donors (Lipinski definition) is 2. The summed E-state index contributed by atoms with van der Waals surface area (Å²) in [5.74, 6) is 0.558. The van der Waals surface area contributed by atoms with Gasteiger partial charge in [0.2, 0.25) is 0 Å². The molecular formula is C20H16FN5. The third kappa shape index (κ3) is 3.10. The molecule has 0 fully saturated rings. The summed E-state index contributed by atoms with van der Waals surface area (Å²) in [6.45, 7) is 0.416. The second kappa shape index (κ2) is 6.85. The Morgan fingerprint density at radius 2 is 1.77 bits per heavy atom. The lowest BCUT2D eigenvalue weighted by atomic mass is 10.1. The molecule has 0 aliphatic rings. The number of aromatic nitrogens is 3. The Hall–Kier alpha value is -3.38. The monoisotopic (exact) mass is 345 g/mol. The molecular weight excluding hydrogens is 329 g/mol. The van der Waals surface area contributed by atoms with Gasteiger partial charge in [0.25, 0.3) is 0 Å². The van der Waals surface area contributed by atoms with Crippen LogP contribution >= 0.6 is 0 Å². The maximum absolute atomic E-state index is 14.2. The number of halogens is 1. The highest BCUT2D eigenvalue weighted by Gasteiger charge is 2.13. The van der Waals surface area contributed by atoms with Crippen molar-refractivity contribution in [3.05, 3.63) is 78.4 Å². The summed E-state index contributed by atoms with van der Waals surface area (Å²) in [7, 11) is 0. The van der Waals surface area contributed by atoms with E-state index in [0.29, 0.717) is 29.3 Å². The van der Waals surface area contributed by atoms with Crippen LogP contribution in [0.2, 0.25) is 0 Å². The molecule has 4 aromatic rings. The van der Waals surface area contributed by atoms with E-state index in [1.165, 1.54) is 6.07 Å². The van der Waals surface area contributed by atoms with E-state index in [4.69, 9.17) is 5.73 Å². The zero-order chi connectivity index (χ0) is 17.9. The number of fused-ring (bicyclic) bond motifs is 1. The molecule has 0 atom stereocenters. The zero-order valence-corrected chi connectivity index (χ0v) is 13.9. The van der Waals surface area contributed by atoms with E-state index in [2.05, 4.69) is 20.3 Å². The Morgan fingerprint density at radius 3 is 2.54 bits per heavy atom. The predicted molar refractivity (Wildman–Crippen MR) is 100 cm³/mol. The highest BCUT2D eigenvalue weighted by Crippen LogP contribution is 2.29. The van der Waals surface area contributed by atoms with E-state index in [-0.39, 0.29) is 5.82 Å². The quantitative estimate of drug-likeness (QED) is 0.584. The maximum Gasteiger partial charge on any atom is 0.165 e. The summed E-state index contributed by atoms with van der Waals surface area (Å²) >= 11 is 0. The first kappa shape index (κ1) is 16.1. The zero-order valence-electron chi connectivity index (χ0n) is 13.9. The number of nitrogens with two attached hydrogens (primary N) is 1. The normalized spacial score (nSPS) is 10.8. The molecule has 0 spiro atoms. The van der Waals surface area contributed by atoms with Crippen molar-refractivity contribution in [1.82, 2.24) is 15.0 Å². The molecule has 0 aliphatic carbocycles. The number of anilines is 2. The lowest BCUT2D eigenvalue weighted by molar-refractivity contribution is 0.630. The third-order valence-corrected chi connectivity index (χ3v) is 4.05. The molecule has 0 saturated carbocycles. The van der Waals surface area contributed by atoms with Crippen molar-refractivity contribution >= 4 is 22.4 Å². The number of benzene rings is 2. The van der Waals surface area contributed by atoms with Gasteiger partial charge in [-0.15, -0.1) is 0 Å². The minimum atomic E-state index is -0.361. The molecule has 0 radical (unpaired) electrons. The van der Waals surface area contributed by atoms with Gasteiger partial charge in [0.05, 0.1) is 11.1 Å². The minimum absolute atomic E-state index is 0.327. The molecule has 0 amide bonds. The molecule has 2 aromatic carbocycles. The first-order chi connectivity index (χ1) is 12.7. The highest BCUT2D eigenvalue weighted by atomic mass is 19.1. The molecule has 2 heterocycles. The van der Waals surface area contributed by atoms with Gasteiger partial charge in [-0.25, -0.2) is 14.4 Å². The Balaban J connectivity index is 1.92.